The molecule has 1 aliphatic heterocycles. The Kier molecular flexibility index (Phi) is 7.49. The number of rotatable bonds is 6. The first-order valence-electron chi connectivity index (χ1n) is 10.6. The average molecular weight is 444 g/mol. The van der Waals surface area contributed by atoms with Crippen molar-refractivity contribution in [2.45, 2.75) is 46.1 Å². The number of anilines is 1. The molecule has 2 amide bonds. The smallest absolute Gasteiger partial charge is 0.225 e. The molecule has 0 bridgehead atoms. The van der Waals surface area contributed by atoms with Crippen LogP contribution in [0.25, 0.3) is 0 Å². The van der Waals surface area contributed by atoms with Crippen LogP contribution < -0.4 is 10.2 Å². The standard InChI is InChI=1S/C23H30ClN5O2/c1-15(2)23-25-16(3)13-21(27-23)28-9-11-29(12-10-28)22(31)14-20(26-17(4)30)18-5-7-19(24)8-6-18/h5-8,13,15,20H,9-12,14H2,1-4H3,(H,26,30). The summed E-state index contributed by atoms with van der Waals surface area (Å²) < 4.78 is 0. The molecule has 166 valence electrons. The number of carbonyl (C=O) groups is 2. The van der Waals surface area contributed by atoms with E-state index >= 15 is 0 Å². The largest absolute Gasteiger partial charge is 0.353 e. The Balaban J connectivity index is 1.63. The highest BCUT2D eigenvalue weighted by atomic mass is 35.5. The Labute approximate surface area is 188 Å². The number of aromatic nitrogens is 2. The van der Waals surface area contributed by atoms with Gasteiger partial charge in [0.2, 0.25) is 11.8 Å². The molecule has 2 aromatic rings. The van der Waals surface area contributed by atoms with Crippen LogP contribution in [0.3, 0.4) is 0 Å². The number of nitrogens with zero attached hydrogens (tertiary/aromatic N) is 4. The second-order valence-electron chi connectivity index (χ2n) is 8.26. The van der Waals surface area contributed by atoms with Gasteiger partial charge in [0.15, 0.2) is 0 Å². The molecule has 1 saturated heterocycles. The number of benzene rings is 1. The normalized spacial score (nSPS) is 15.2. The summed E-state index contributed by atoms with van der Waals surface area (Å²) >= 11 is 5.97. The van der Waals surface area contributed by atoms with E-state index in [1.807, 2.05) is 30.0 Å². The summed E-state index contributed by atoms with van der Waals surface area (Å²) in [4.78, 5) is 37.9. The molecule has 7 nitrogen and oxygen atoms in total. The lowest BCUT2D eigenvalue weighted by Crippen LogP contribution is -2.49. The van der Waals surface area contributed by atoms with Crippen molar-refractivity contribution in [3.63, 3.8) is 0 Å². The van der Waals surface area contributed by atoms with Crippen molar-refractivity contribution in [3.05, 3.63) is 52.4 Å². The minimum absolute atomic E-state index is 0.0232. The number of amides is 2. The number of nitrogens with one attached hydrogen (secondary N) is 1. The number of carbonyl (C=O) groups excluding carboxylic acids is 2. The summed E-state index contributed by atoms with van der Waals surface area (Å²) in [5, 5.41) is 3.51. The van der Waals surface area contributed by atoms with Crippen molar-refractivity contribution in [2.75, 3.05) is 31.1 Å². The average Bonchev–Trinajstić information content (AvgIpc) is 2.73. The monoisotopic (exact) mass is 443 g/mol. The zero-order chi connectivity index (χ0) is 22.5. The molecule has 1 aromatic heterocycles. The van der Waals surface area contributed by atoms with Gasteiger partial charge in [0.05, 0.1) is 12.5 Å². The second-order valence-corrected chi connectivity index (χ2v) is 8.69. The maximum absolute atomic E-state index is 13.0. The molecule has 31 heavy (non-hydrogen) atoms. The molecule has 1 aliphatic rings. The molecule has 3 rings (SSSR count). The SMILES string of the molecule is CC(=O)NC(CC(=O)N1CCN(c2cc(C)nc(C(C)C)n2)CC1)c1ccc(Cl)cc1. The summed E-state index contributed by atoms with van der Waals surface area (Å²) in [6.45, 7) is 10.3. The van der Waals surface area contributed by atoms with Gasteiger partial charge in [0.1, 0.15) is 11.6 Å². The molecule has 0 aliphatic carbocycles. The van der Waals surface area contributed by atoms with E-state index in [1.54, 1.807) is 12.1 Å². The van der Waals surface area contributed by atoms with E-state index < -0.39 is 0 Å². The van der Waals surface area contributed by atoms with Gasteiger partial charge in [-0.2, -0.15) is 0 Å². The molecule has 8 heteroatoms. The molecular weight excluding hydrogens is 414 g/mol. The quantitative estimate of drug-likeness (QED) is 0.739. The molecule has 1 unspecified atom stereocenters. The number of aryl methyl sites for hydroxylation is 1. The van der Waals surface area contributed by atoms with Crippen molar-refractivity contribution in [1.29, 1.82) is 0 Å². The maximum atomic E-state index is 13.0. The van der Waals surface area contributed by atoms with E-state index in [-0.39, 0.29) is 30.2 Å². The van der Waals surface area contributed by atoms with Crippen molar-refractivity contribution in [3.8, 4) is 0 Å². The van der Waals surface area contributed by atoms with Crippen LogP contribution in [0.5, 0.6) is 0 Å². The van der Waals surface area contributed by atoms with Crippen LogP contribution in [0.1, 0.15) is 56.2 Å². The van der Waals surface area contributed by atoms with Crippen LogP contribution in [-0.4, -0.2) is 52.9 Å². The van der Waals surface area contributed by atoms with Gasteiger partial charge >= 0.3 is 0 Å². The van der Waals surface area contributed by atoms with Crippen molar-refractivity contribution >= 4 is 29.2 Å². The lowest BCUT2D eigenvalue weighted by Gasteiger charge is -2.36. The molecule has 0 saturated carbocycles. The molecule has 0 radical (unpaired) electrons. The summed E-state index contributed by atoms with van der Waals surface area (Å²) in [7, 11) is 0. The fourth-order valence-corrected chi connectivity index (χ4v) is 3.80. The summed E-state index contributed by atoms with van der Waals surface area (Å²) in [5.41, 5.74) is 1.82. The molecule has 1 atom stereocenters. The second kappa shape index (κ2) is 10.1. The summed E-state index contributed by atoms with van der Waals surface area (Å²) in [6, 6.07) is 8.85. The molecule has 1 fully saturated rings. The third kappa shape index (κ3) is 6.17. The third-order valence-electron chi connectivity index (χ3n) is 5.36. The predicted molar refractivity (Wildman–Crippen MR) is 122 cm³/mol. The topological polar surface area (TPSA) is 78.4 Å². The lowest BCUT2D eigenvalue weighted by molar-refractivity contribution is -0.132. The van der Waals surface area contributed by atoms with E-state index in [2.05, 4.69) is 29.0 Å². The van der Waals surface area contributed by atoms with Gasteiger partial charge in [0.25, 0.3) is 0 Å². The number of hydrogen-bond donors (Lipinski definition) is 1. The molecule has 0 spiro atoms. The van der Waals surface area contributed by atoms with E-state index in [9.17, 15) is 9.59 Å². The first-order chi connectivity index (χ1) is 14.7. The Morgan fingerprint density at radius 3 is 2.32 bits per heavy atom. The zero-order valence-electron chi connectivity index (χ0n) is 18.6. The van der Waals surface area contributed by atoms with Crippen LogP contribution in [0.15, 0.2) is 30.3 Å². The van der Waals surface area contributed by atoms with Crippen LogP contribution in [0.2, 0.25) is 5.02 Å². The van der Waals surface area contributed by atoms with E-state index in [1.165, 1.54) is 6.92 Å². The van der Waals surface area contributed by atoms with E-state index in [0.717, 1.165) is 22.9 Å². The molecular formula is C23H30ClN5O2. The van der Waals surface area contributed by atoms with Gasteiger partial charge in [-0.3, -0.25) is 9.59 Å². The highest BCUT2D eigenvalue weighted by Crippen LogP contribution is 2.22. The highest BCUT2D eigenvalue weighted by Gasteiger charge is 2.26. The van der Waals surface area contributed by atoms with Crippen LogP contribution in [0.4, 0.5) is 5.82 Å². The van der Waals surface area contributed by atoms with Gasteiger partial charge in [-0.05, 0) is 24.6 Å². The maximum Gasteiger partial charge on any atom is 0.225 e. The highest BCUT2D eigenvalue weighted by molar-refractivity contribution is 6.30. The number of hydrogen-bond acceptors (Lipinski definition) is 5. The number of piperazine rings is 1. The van der Waals surface area contributed by atoms with Crippen LogP contribution in [-0.2, 0) is 9.59 Å². The summed E-state index contributed by atoms with van der Waals surface area (Å²) in [5.74, 6) is 1.88. The van der Waals surface area contributed by atoms with Gasteiger partial charge in [0, 0.05) is 55.8 Å². The van der Waals surface area contributed by atoms with Gasteiger partial charge in [-0.15, -0.1) is 0 Å². The van der Waals surface area contributed by atoms with Crippen molar-refractivity contribution in [2.24, 2.45) is 0 Å². The minimum Gasteiger partial charge on any atom is -0.353 e. The molecule has 2 heterocycles. The fourth-order valence-electron chi connectivity index (χ4n) is 3.68. The number of halogens is 1. The predicted octanol–water partition coefficient (Wildman–Crippen LogP) is 3.48. The van der Waals surface area contributed by atoms with Crippen molar-refractivity contribution in [1.82, 2.24) is 20.2 Å². The first-order valence-corrected chi connectivity index (χ1v) is 11.0. The van der Waals surface area contributed by atoms with Crippen LogP contribution >= 0.6 is 11.6 Å². The minimum atomic E-state index is -0.376. The lowest BCUT2D eigenvalue weighted by atomic mass is 10.0. The van der Waals surface area contributed by atoms with E-state index in [4.69, 9.17) is 16.6 Å². The van der Waals surface area contributed by atoms with E-state index in [0.29, 0.717) is 31.2 Å². The first kappa shape index (κ1) is 23.0. The van der Waals surface area contributed by atoms with Gasteiger partial charge in [-0.25, -0.2) is 9.97 Å². The zero-order valence-corrected chi connectivity index (χ0v) is 19.3. The van der Waals surface area contributed by atoms with Gasteiger partial charge < -0.3 is 15.1 Å². The van der Waals surface area contributed by atoms with Gasteiger partial charge in [-0.1, -0.05) is 37.6 Å². The fraction of sp³-hybridized carbons (Fsp3) is 0.478. The Morgan fingerprint density at radius 1 is 1.10 bits per heavy atom. The molecule has 1 N–H and O–H groups in total. The third-order valence-corrected chi connectivity index (χ3v) is 5.61. The van der Waals surface area contributed by atoms with Crippen molar-refractivity contribution < 1.29 is 9.59 Å². The Bertz CT molecular complexity index is 924. The Morgan fingerprint density at radius 2 is 1.74 bits per heavy atom. The molecule has 1 aromatic carbocycles. The summed E-state index contributed by atoms with van der Waals surface area (Å²) in [6.07, 6.45) is 0.214. The Hall–Kier alpha value is -2.67. The van der Waals surface area contributed by atoms with Crippen LogP contribution in [0, 0.1) is 6.92 Å².